The minimum atomic E-state index is -0.962. The molecule has 0 aliphatic rings. The van der Waals surface area contributed by atoms with Gasteiger partial charge in [-0.15, -0.1) is 11.8 Å². The molecule has 0 spiro atoms. The lowest BCUT2D eigenvalue weighted by molar-refractivity contribution is 0.0697. The van der Waals surface area contributed by atoms with Crippen molar-refractivity contribution in [2.45, 2.75) is 4.90 Å². The molecule has 0 aliphatic heterocycles. The van der Waals surface area contributed by atoms with Crippen molar-refractivity contribution in [2.75, 3.05) is 30.0 Å². The van der Waals surface area contributed by atoms with Gasteiger partial charge in [-0.1, -0.05) is 18.2 Å². The molecule has 0 heterocycles. The summed E-state index contributed by atoms with van der Waals surface area (Å²) in [4.78, 5) is 14.2. The van der Waals surface area contributed by atoms with Crippen molar-refractivity contribution >= 4 is 29.1 Å². The van der Waals surface area contributed by atoms with Crippen LogP contribution in [0.15, 0.2) is 53.4 Å². The van der Waals surface area contributed by atoms with Gasteiger partial charge in [0.25, 0.3) is 0 Å². The Hall–Kier alpha value is -2.14. The van der Waals surface area contributed by atoms with Crippen molar-refractivity contribution in [3.63, 3.8) is 0 Å². The zero-order chi connectivity index (χ0) is 15.2. The first kappa shape index (κ1) is 15.3. The molecule has 4 nitrogen and oxygen atoms in total. The number of nitrogens with two attached hydrogens (primary N) is 1. The Morgan fingerprint density at radius 3 is 2.57 bits per heavy atom. The summed E-state index contributed by atoms with van der Waals surface area (Å²) in [6.07, 6.45) is 0. The van der Waals surface area contributed by atoms with E-state index in [9.17, 15) is 4.79 Å². The summed E-state index contributed by atoms with van der Waals surface area (Å²) >= 11 is 1.78. The lowest BCUT2D eigenvalue weighted by Gasteiger charge is -2.21. The molecule has 0 fully saturated rings. The molecule has 0 aliphatic carbocycles. The average Bonchev–Trinajstić information content (AvgIpc) is 2.48. The number of nitrogen functional groups attached to an aromatic ring is 1. The van der Waals surface area contributed by atoms with Crippen LogP contribution in [0.4, 0.5) is 11.4 Å². The van der Waals surface area contributed by atoms with Crippen molar-refractivity contribution in [3.8, 4) is 0 Å². The lowest BCUT2D eigenvalue weighted by Crippen LogP contribution is -2.21. The van der Waals surface area contributed by atoms with Gasteiger partial charge in [0.2, 0.25) is 0 Å². The van der Waals surface area contributed by atoms with Crippen molar-refractivity contribution in [1.82, 2.24) is 0 Å². The maximum Gasteiger partial charge on any atom is 0.335 e. The molecule has 2 aromatic carbocycles. The zero-order valence-electron chi connectivity index (χ0n) is 11.8. The van der Waals surface area contributed by atoms with Crippen LogP contribution >= 0.6 is 11.8 Å². The smallest absolute Gasteiger partial charge is 0.335 e. The van der Waals surface area contributed by atoms with Crippen LogP contribution in [-0.4, -0.2) is 30.4 Å². The Bertz CT molecular complexity index is 617. The predicted octanol–water partition coefficient (Wildman–Crippen LogP) is 3.20. The van der Waals surface area contributed by atoms with Crippen LogP contribution in [0, 0.1) is 0 Å². The summed E-state index contributed by atoms with van der Waals surface area (Å²) in [7, 11) is 1.96. The number of carboxylic acid groups (broad SMARTS) is 1. The van der Waals surface area contributed by atoms with E-state index in [1.54, 1.807) is 23.9 Å². The molecule has 0 saturated heterocycles. The summed E-state index contributed by atoms with van der Waals surface area (Å²) < 4.78 is 0. The highest BCUT2D eigenvalue weighted by Crippen LogP contribution is 2.24. The number of rotatable bonds is 6. The molecule has 0 radical (unpaired) electrons. The summed E-state index contributed by atoms with van der Waals surface area (Å²) in [6, 6.07) is 15.0. The average molecular weight is 302 g/mol. The Morgan fingerprint density at radius 1 is 1.24 bits per heavy atom. The molecule has 110 valence electrons. The highest BCUT2D eigenvalue weighted by Gasteiger charge is 2.09. The minimum Gasteiger partial charge on any atom is -0.478 e. The van der Waals surface area contributed by atoms with E-state index in [0.717, 1.165) is 18.0 Å². The molecular formula is C16H18N2O2S. The van der Waals surface area contributed by atoms with Crippen molar-refractivity contribution < 1.29 is 9.90 Å². The van der Waals surface area contributed by atoms with E-state index in [1.165, 1.54) is 11.0 Å². The first-order chi connectivity index (χ1) is 10.1. The highest BCUT2D eigenvalue weighted by atomic mass is 32.2. The number of aromatic carboxylic acids is 1. The number of carboxylic acids is 1. The van der Waals surface area contributed by atoms with Gasteiger partial charge in [-0.3, -0.25) is 0 Å². The SMILES string of the molecule is CN(CCSc1ccccc1)c1ccc(C(=O)O)cc1N. The summed E-state index contributed by atoms with van der Waals surface area (Å²) in [5.74, 6) is -0.0313. The van der Waals surface area contributed by atoms with Crippen molar-refractivity contribution in [1.29, 1.82) is 0 Å². The largest absolute Gasteiger partial charge is 0.478 e. The molecule has 0 unspecified atom stereocenters. The molecule has 0 amide bonds. The molecule has 21 heavy (non-hydrogen) atoms. The number of carbonyl (C=O) groups is 1. The fourth-order valence-electron chi connectivity index (χ4n) is 1.97. The van der Waals surface area contributed by atoms with Gasteiger partial charge in [0, 0.05) is 24.2 Å². The van der Waals surface area contributed by atoms with Crippen LogP contribution in [0.3, 0.4) is 0 Å². The Morgan fingerprint density at radius 2 is 1.95 bits per heavy atom. The maximum absolute atomic E-state index is 10.9. The predicted molar refractivity (Wildman–Crippen MR) is 88.2 cm³/mol. The molecule has 0 aromatic heterocycles. The third kappa shape index (κ3) is 4.16. The number of hydrogen-bond acceptors (Lipinski definition) is 4. The van der Waals surface area contributed by atoms with Gasteiger partial charge < -0.3 is 15.7 Å². The summed E-state index contributed by atoms with van der Waals surface area (Å²) in [6.45, 7) is 0.830. The third-order valence-electron chi connectivity index (χ3n) is 3.12. The number of hydrogen-bond donors (Lipinski definition) is 2. The van der Waals surface area contributed by atoms with Crippen molar-refractivity contribution in [2.24, 2.45) is 0 Å². The number of thioether (sulfide) groups is 1. The first-order valence-electron chi connectivity index (χ1n) is 6.59. The molecule has 2 rings (SSSR count). The fourth-order valence-corrected chi connectivity index (χ4v) is 2.92. The van der Waals surface area contributed by atoms with Crippen molar-refractivity contribution in [3.05, 3.63) is 54.1 Å². The molecular weight excluding hydrogens is 284 g/mol. The minimum absolute atomic E-state index is 0.211. The van der Waals surface area contributed by atoms with E-state index < -0.39 is 5.97 Å². The molecule has 2 aromatic rings. The van der Waals surface area contributed by atoms with Crippen LogP contribution in [0.5, 0.6) is 0 Å². The molecule has 5 heteroatoms. The molecule has 0 atom stereocenters. The Kier molecular flexibility index (Phi) is 5.11. The Labute approximate surface area is 128 Å². The number of nitrogens with zero attached hydrogens (tertiary/aromatic N) is 1. The van der Waals surface area contributed by atoms with E-state index in [2.05, 4.69) is 12.1 Å². The van der Waals surface area contributed by atoms with E-state index >= 15 is 0 Å². The van der Waals surface area contributed by atoms with Crippen LogP contribution in [0.25, 0.3) is 0 Å². The quantitative estimate of drug-likeness (QED) is 0.633. The third-order valence-corrected chi connectivity index (χ3v) is 4.12. The monoisotopic (exact) mass is 302 g/mol. The van der Waals surface area contributed by atoms with E-state index in [-0.39, 0.29) is 5.56 Å². The topological polar surface area (TPSA) is 66.6 Å². The molecule has 0 bridgehead atoms. The lowest BCUT2D eigenvalue weighted by atomic mass is 10.1. The van der Waals surface area contributed by atoms with Gasteiger partial charge >= 0.3 is 5.97 Å². The summed E-state index contributed by atoms with van der Waals surface area (Å²) in [5, 5.41) is 8.93. The van der Waals surface area contributed by atoms with E-state index in [0.29, 0.717) is 5.69 Å². The van der Waals surface area contributed by atoms with Crippen LogP contribution in [0.2, 0.25) is 0 Å². The van der Waals surface area contributed by atoms with Gasteiger partial charge in [0.15, 0.2) is 0 Å². The van der Waals surface area contributed by atoms with Crippen LogP contribution < -0.4 is 10.6 Å². The van der Waals surface area contributed by atoms with Crippen LogP contribution in [0.1, 0.15) is 10.4 Å². The van der Waals surface area contributed by atoms with Crippen LogP contribution in [-0.2, 0) is 0 Å². The fraction of sp³-hybridized carbons (Fsp3) is 0.188. The number of benzene rings is 2. The van der Waals surface area contributed by atoms with Gasteiger partial charge in [-0.25, -0.2) is 4.79 Å². The van der Waals surface area contributed by atoms with E-state index in [1.807, 2.05) is 30.1 Å². The van der Waals surface area contributed by atoms with Gasteiger partial charge in [0.1, 0.15) is 0 Å². The second-order valence-electron chi connectivity index (χ2n) is 4.66. The standard InChI is InChI=1S/C16H18N2O2S/c1-18(9-10-21-13-5-3-2-4-6-13)15-8-7-12(16(19)20)11-14(15)17/h2-8,11H,9-10,17H2,1H3,(H,19,20). The number of anilines is 2. The summed E-state index contributed by atoms with van der Waals surface area (Å²) in [5.41, 5.74) is 7.49. The Balaban J connectivity index is 1.94. The molecule has 3 N–H and O–H groups in total. The first-order valence-corrected chi connectivity index (χ1v) is 7.58. The highest BCUT2D eigenvalue weighted by molar-refractivity contribution is 7.99. The van der Waals surface area contributed by atoms with Gasteiger partial charge in [-0.2, -0.15) is 0 Å². The maximum atomic E-state index is 10.9. The second-order valence-corrected chi connectivity index (χ2v) is 5.83. The normalized spacial score (nSPS) is 10.3. The van der Waals surface area contributed by atoms with Gasteiger partial charge in [-0.05, 0) is 30.3 Å². The zero-order valence-corrected chi connectivity index (χ0v) is 12.6. The molecule has 0 saturated carbocycles. The second kappa shape index (κ2) is 7.04. The van der Waals surface area contributed by atoms with E-state index in [4.69, 9.17) is 10.8 Å². The van der Waals surface area contributed by atoms with Gasteiger partial charge in [0.05, 0.1) is 16.9 Å².